The van der Waals surface area contributed by atoms with Crippen LogP contribution in [-0.2, 0) is 20.5 Å². The van der Waals surface area contributed by atoms with E-state index >= 15 is 0 Å². The lowest BCUT2D eigenvalue weighted by Crippen LogP contribution is -2.28. The van der Waals surface area contributed by atoms with E-state index in [1.54, 1.807) is 11.2 Å². The van der Waals surface area contributed by atoms with Gasteiger partial charge in [0.25, 0.3) is 0 Å². The molecule has 0 aromatic heterocycles. The SMILES string of the molecule is COC(=O)[C@]1(C)[C@H](c2ccccc2)N1S(=O)c1ccc(C)cc1. The maximum absolute atomic E-state index is 13.0. The molecule has 1 fully saturated rings. The molecule has 0 amide bonds. The average Bonchev–Trinajstić information content (AvgIpc) is 3.22. The van der Waals surface area contributed by atoms with Crippen LogP contribution in [-0.4, -0.2) is 27.1 Å². The number of rotatable bonds is 4. The Hall–Kier alpha value is -1.98. The van der Waals surface area contributed by atoms with Crippen LogP contribution in [0.2, 0.25) is 0 Å². The summed E-state index contributed by atoms with van der Waals surface area (Å²) in [6, 6.07) is 16.9. The van der Waals surface area contributed by atoms with Crippen LogP contribution in [0.15, 0.2) is 59.5 Å². The quantitative estimate of drug-likeness (QED) is 0.640. The second-order valence-corrected chi connectivity index (χ2v) is 7.20. The van der Waals surface area contributed by atoms with Crippen LogP contribution in [0, 0.1) is 6.92 Å². The number of carbonyl (C=O) groups excluding carboxylic acids is 1. The first-order valence-electron chi connectivity index (χ1n) is 7.41. The van der Waals surface area contributed by atoms with Gasteiger partial charge in [-0.3, -0.25) is 0 Å². The number of hydrogen-bond donors (Lipinski definition) is 0. The molecule has 0 N–H and O–H groups in total. The average molecular weight is 329 g/mol. The molecule has 0 bridgehead atoms. The van der Waals surface area contributed by atoms with Crippen molar-refractivity contribution in [2.45, 2.75) is 30.3 Å². The summed E-state index contributed by atoms with van der Waals surface area (Å²) >= 11 is 0. The van der Waals surface area contributed by atoms with Crippen LogP contribution in [0.25, 0.3) is 0 Å². The Morgan fingerprint density at radius 2 is 1.74 bits per heavy atom. The van der Waals surface area contributed by atoms with Crippen molar-refractivity contribution in [3.8, 4) is 0 Å². The van der Waals surface area contributed by atoms with E-state index in [1.807, 2.05) is 61.5 Å². The van der Waals surface area contributed by atoms with Gasteiger partial charge in [-0.05, 0) is 31.5 Å². The van der Waals surface area contributed by atoms with E-state index in [-0.39, 0.29) is 12.0 Å². The largest absolute Gasteiger partial charge is 0.468 e. The zero-order chi connectivity index (χ0) is 16.6. The van der Waals surface area contributed by atoms with Gasteiger partial charge in [0.1, 0.15) is 16.5 Å². The van der Waals surface area contributed by atoms with E-state index < -0.39 is 16.5 Å². The summed E-state index contributed by atoms with van der Waals surface area (Å²) < 4.78 is 19.6. The highest BCUT2D eigenvalue weighted by Crippen LogP contribution is 2.55. The summed E-state index contributed by atoms with van der Waals surface area (Å²) in [6.07, 6.45) is 0. The topological polar surface area (TPSA) is 46.4 Å². The first-order valence-corrected chi connectivity index (χ1v) is 8.52. The van der Waals surface area contributed by atoms with E-state index in [9.17, 15) is 9.00 Å². The van der Waals surface area contributed by atoms with Gasteiger partial charge in [-0.25, -0.2) is 9.00 Å². The van der Waals surface area contributed by atoms with Crippen LogP contribution in [0.3, 0.4) is 0 Å². The molecule has 4 atom stereocenters. The lowest BCUT2D eigenvalue weighted by Gasteiger charge is -2.09. The fourth-order valence-electron chi connectivity index (χ4n) is 2.90. The Labute approximate surface area is 138 Å². The van der Waals surface area contributed by atoms with Gasteiger partial charge in [0, 0.05) is 0 Å². The summed E-state index contributed by atoms with van der Waals surface area (Å²) in [6.45, 7) is 3.76. The van der Waals surface area contributed by atoms with E-state index in [1.165, 1.54) is 7.11 Å². The molecule has 1 saturated heterocycles. The van der Waals surface area contributed by atoms with Gasteiger partial charge in [0.05, 0.1) is 18.0 Å². The Morgan fingerprint density at radius 3 is 2.30 bits per heavy atom. The van der Waals surface area contributed by atoms with Crippen LogP contribution in [0.4, 0.5) is 0 Å². The second kappa shape index (κ2) is 5.91. The molecule has 5 heteroatoms. The summed E-state index contributed by atoms with van der Waals surface area (Å²) in [5.41, 5.74) is 1.15. The fourth-order valence-corrected chi connectivity index (χ4v) is 4.49. The standard InChI is InChI=1S/C18H19NO3S/c1-13-9-11-15(12-10-13)23(21)19-16(14-7-5-4-6-8-14)18(19,2)17(20)22-3/h4-12,16H,1-3H3/t16-,18-,19?,23?/m0/s1. The highest BCUT2D eigenvalue weighted by Gasteiger charge is 2.69. The van der Waals surface area contributed by atoms with Gasteiger partial charge in [-0.2, -0.15) is 4.31 Å². The minimum Gasteiger partial charge on any atom is -0.468 e. The predicted molar refractivity (Wildman–Crippen MR) is 89.0 cm³/mol. The van der Waals surface area contributed by atoms with Crippen LogP contribution < -0.4 is 0 Å². The monoisotopic (exact) mass is 329 g/mol. The van der Waals surface area contributed by atoms with Crippen molar-refractivity contribution in [1.29, 1.82) is 0 Å². The minimum absolute atomic E-state index is 0.252. The maximum atomic E-state index is 13.0. The van der Waals surface area contributed by atoms with Gasteiger partial charge in [-0.1, -0.05) is 48.0 Å². The molecule has 0 saturated carbocycles. The number of hydrogen-bond acceptors (Lipinski definition) is 3. The first-order chi connectivity index (χ1) is 11.0. The van der Waals surface area contributed by atoms with Gasteiger partial charge >= 0.3 is 5.97 Å². The molecule has 2 aromatic rings. The Balaban J connectivity index is 1.97. The molecule has 2 aromatic carbocycles. The molecular weight excluding hydrogens is 310 g/mol. The predicted octanol–water partition coefficient (Wildman–Crippen LogP) is 3.01. The molecule has 23 heavy (non-hydrogen) atoms. The maximum Gasteiger partial charge on any atom is 0.329 e. The molecule has 3 rings (SSSR count). The molecule has 2 unspecified atom stereocenters. The van der Waals surface area contributed by atoms with E-state index in [4.69, 9.17) is 4.74 Å². The van der Waals surface area contributed by atoms with Gasteiger partial charge in [0.15, 0.2) is 0 Å². The molecule has 0 radical (unpaired) electrons. The summed E-state index contributed by atoms with van der Waals surface area (Å²) in [5, 5.41) is 0. The lowest BCUT2D eigenvalue weighted by molar-refractivity contribution is -0.144. The summed E-state index contributed by atoms with van der Waals surface area (Å²) in [7, 11) is -0.0599. The minimum atomic E-state index is -1.42. The Bertz CT molecular complexity index is 745. The third-order valence-corrected chi connectivity index (χ3v) is 5.90. The van der Waals surface area contributed by atoms with Gasteiger partial charge in [0.2, 0.25) is 0 Å². The number of benzene rings is 2. The number of carbonyl (C=O) groups is 1. The van der Waals surface area contributed by atoms with Crippen molar-refractivity contribution < 1.29 is 13.7 Å². The van der Waals surface area contributed by atoms with Gasteiger partial charge < -0.3 is 4.74 Å². The number of aryl methyl sites for hydroxylation is 1. The molecular formula is C18H19NO3S. The zero-order valence-corrected chi connectivity index (χ0v) is 14.2. The van der Waals surface area contributed by atoms with Crippen molar-refractivity contribution >= 4 is 17.0 Å². The number of methoxy groups -OCH3 is 1. The number of esters is 1. The first kappa shape index (κ1) is 15.9. The fraction of sp³-hybridized carbons (Fsp3) is 0.278. The van der Waals surface area contributed by atoms with Crippen molar-refractivity contribution in [3.63, 3.8) is 0 Å². The Morgan fingerprint density at radius 1 is 1.13 bits per heavy atom. The summed E-state index contributed by atoms with van der Waals surface area (Å²) in [5.74, 6) is -0.369. The molecule has 0 aliphatic carbocycles. The highest BCUT2D eigenvalue weighted by molar-refractivity contribution is 7.83. The molecule has 0 spiro atoms. The van der Waals surface area contributed by atoms with Crippen LogP contribution in [0.1, 0.15) is 24.1 Å². The van der Waals surface area contributed by atoms with Crippen LogP contribution in [0.5, 0.6) is 0 Å². The smallest absolute Gasteiger partial charge is 0.329 e. The number of ether oxygens (including phenoxy) is 1. The van der Waals surface area contributed by atoms with Crippen molar-refractivity contribution in [2.24, 2.45) is 0 Å². The second-order valence-electron chi connectivity index (χ2n) is 5.84. The van der Waals surface area contributed by atoms with Crippen LogP contribution >= 0.6 is 0 Å². The molecule has 1 heterocycles. The van der Waals surface area contributed by atoms with Gasteiger partial charge in [-0.15, -0.1) is 0 Å². The van der Waals surface area contributed by atoms with E-state index in [0.29, 0.717) is 4.90 Å². The molecule has 1 aliphatic rings. The highest BCUT2D eigenvalue weighted by atomic mass is 32.2. The lowest BCUT2D eigenvalue weighted by atomic mass is 10.0. The molecule has 4 nitrogen and oxygen atoms in total. The third kappa shape index (κ3) is 2.60. The van der Waals surface area contributed by atoms with Crippen molar-refractivity contribution in [2.75, 3.05) is 7.11 Å². The van der Waals surface area contributed by atoms with Crippen molar-refractivity contribution in [1.82, 2.24) is 4.31 Å². The number of nitrogens with zero attached hydrogens (tertiary/aromatic N) is 1. The summed E-state index contributed by atoms with van der Waals surface area (Å²) in [4.78, 5) is 13.0. The third-order valence-electron chi connectivity index (χ3n) is 4.27. The van der Waals surface area contributed by atoms with Crippen molar-refractivity contribution in [3.05, 3.63) is 65.7 Å². The normalized spacial score (nSPS) is 27.3. The Kier molecular flexibility index (Phi) is 4.08. The van der Waals surface area contributed by atoms with E-state index in [0.717, 1.165) is 11.1 Å². The zero-order valence-electron chi connectivity index (χ0n) is 13.4. The molecule has 120 valence electrons. The van der Waals surface area contributed by atoms with E-state index in [2.05, 4.69) is 0 Å². The molecule has 1 aliphatic heterocycles.